The van der Waals surface area contributed by atoms with Crippen molar-refractivity contribution in [3.05, 3.63) is 34.0 Å². The molecule has 1 aliphatic rings. The molecule has 2 aromatic rings. The molecule has 2 N–H and O–H groups in total. The SMILES string of the molecule is Cc1nc(NC(=O)c2noc(C3CCCN3)n2)ccc1Br. The monoisotopic (exact) mass is 351 g/mol. The van der Waals surface area contributed by atoms with Gasteiger partial charge in [-0.2, -0.15) is 4.98 Å². The lowest BCUT2D eigenvalue weighted by atomic mass is 10.2. The molecule has 110 valence electrons. The average Bonchev–Trinajstić information content (AvgIpc) is 3.12. The molecule has 2 aromatic heterocycles. The van der Waals surface area contributed by atoms with Gasteiger partial charge in [0.2, 0.25) is 5.89 Å². The van der Waals surface area contributed by atoms with Gasteiger partial charge in [-0.05, 0) is 54.4 Å². The van der Waals surface area contributed by atoms with Crippen LogP contribution in [0.25, 0.3) is 0 Å². The van der Waals surface area contributed by atoms with Crippen LogP contribution in [0.5, 0.6) is 0 Å². The topological polar surface area (TPSA) is 92.9 Å². The molecule has 1 atom stereocenters. The number of hydrogen-bond donors (Lipinski definition) is 2. The Morgan fingerprint density at radius 2 is 2.33 bits per heavy atom. The van der Waals surface area contributed by atoms with E-state index in [2.05, 4.69) is 41.7 Å². The lowest BCUT2D eigenvalue weighted by molar-refractivity contribution is 0.101. The maximum Gasteiger partial charge on any atom is 0.298 e. The average molecular weight is 352 g/mol. The summed E-state index contributed by atoms with van der Waals surface area (Å²) in [5.74, 6) is 0.488. The highest BCUT2D eigenvalue weighted by molar-refractivity contribution is 9.10. The minimum absolute atomic E-state index is 0.0149. The normalized spacial score (nSPS) is 17.9. The van der Waals surface area contributed by atoms with Crippen LogP contribution in [0, 0.1) is 6.92 Å². The third kappa shape index (κ3) is 3.11. The minimum atomic E-state index is -0.433. The number of nitrogens with one attached hydrogen (secondary N) is 2. The first kappa shape index (κ1) is 14.2. The van der Waals surface area contributed by atoms with E-state index in [1.54, 1.807) is 6.07 Å². The maximum absolute atomic E-state index is 12.1. The van der Waals surface area contributed by atoms with Crippen molar-refractivity contribution in [2.75, 3.05) is 11.9 Å². The summed E-state index contributed by atoms with van der Waals surface area (Å²) in [5.41, 5.74) is 0.789. The van der Waals surface area contributed by atoms with Crippen LogP contribution < -0.4 is 10.6 Å². The van der Waals surface area contributed by atoms with Crippen LogP contribution in [0.15, 0.2) is 21.1 Å². The van der Waals surface area contributed by atoms with E-state index in [0.717, 1.165) is 29.6 Å². The molecule has 1 fully saturated rings. The molecule has 3 rings (SSSR count). The zero-order chi connectivity index (χ0) is 14.8. The molecule has 1 saturated heterocycles. The van der Waals surface area contributed by atoms with Gasteiger partial charge in [0.1, 0.15) is 5.82 Å². The van der Waals surface area contributed by atoms with Crippen LogP contribution in [0.1, 0.15) is 41.1 Å². The number of aromatic nitrogens is 3. The lowest BCUT2D eigenvalue weighted by Crippen LogP contribution is -2.16. The van der Waals surface area contributed by atoms with Crippen molar-refractivity contribution in [2.45, 2.75) is 25.8 Å². The second-order valence-electron chi connectivity index (χ2n) is 4.82. The number of nitrogens with zero attached hydrogens (tertiary/aromatic N) is 3. The van der Waals surface area contributed by atoms with Crippen LogP contribution in [0.2, 0.25) is 0 Å². The largest absolute Gasteiger partial charge is 0.337 e. The maximum atomic E-state index is 12.1. The van der Waals surface area contributed by atoms with Crippen molar-refractivity contribution in [3.63, 3.8) is 0 Å². The first-order valence-electron chi connectivity index (χ1n) is 6.65. The molecule has 0 radical (unpaired) electrons. The molecule has 1 unspecified atom stereocenters. The van der Waals surface area contributed by atoms with Crippen LogP contribution >= 0.6 is 15.9 Å². The van der Waals surface area contributed by atoms with Gasteiger partial charge in [0, 0.05) is 4.47 Å². The van der Waals surface area contributed by atoms with E-state index < -0.39 is 5.91 Å². The molecule has 1 aliphatic heterocycles. The summed E-state index contributed by atoms with van der Waals surface area (Å²) in [5, 5.41) is 9.62. The third-order valence-electron chi connectivity index (χ3n) is 3.27. The van der Waals surface area contributed by atoms with Gasteiger partial charge >= 0.3 is 0 Å². The zero-order valence-electron chi connectivity index (χ0n) is 11.4. The molecular weight excluding hydrogens is 338 g/mol. The van der Waals surface area contributed by atoms with E-state index >= 15 is 0 Å². The van der Waals surface area contributed by atoms with Crippen LogP contribution in [-0.2, 0) is 0 Å². The summed E-state index contributed by atoms with van der Waals surface area (Å²) >= 11 is 3.36. The highest BCUT2D eigenvalue weighted by Crippen LogP contribution is 2.21. The Labute approximate surface area is 129 Å². The van der Waals surface area contributed by atoms with Gasteiger partial charge in [-0.3, -0.25) is 4.79 Å². The number of carbonyl (C=O) groups excluding carboxylic acids is 1. The number of pyridine rings is 1. The Balaban J connectivity index is 1.71. The standard InChI is InChI=1S/C13H14BrN5O2/c1-7-8(14)4-5-10(16-7)17-12(20)11-18-13(21-19-11)9-3-2-6-15-9/h4-5,9,15H,2-3,6H2,1H3,(H,16,17,20). The van der Waals surface area contributed by atoms with Gasteiger partial charge < -0.3 is 15.2 Å². The lowest BCUT2D eigenvalue weighted by Gasteiger charge is -2.03. The molecule has 0 bridgehead atoms. The summed E-state index contributed by atoms with van der Waals surface area (Å²) in [6.45, 7) is 2.77. The summed E-state index contributed by atoms with van der Waals surface area (Å²) in [4.78, 5) is 20.5. The molecule has 0 aromatic carbocycles. The molecule has 3 heterocycles. The van der Waals surface area contributed by atoms with E-state index in [9.17, 15) is 4.79 Å². The summed E-state index contributed by atoms with van der Waals surface area (Å²) in [7, 11) is 0. The number of hydrogen-bond acceptors (Lipinski definition) is 6. The van der Waals surface area contributed by atoms with Gasteiger partial charge in [0.05, 0.1) is 11.7 Å². The number of aryl methyl sites for hydroxylation is 1. The van der Waals surface area contributed by atoms with Crippen LogP contribution in [-0.4, -0.2) is 27.6 Å². The Hall–Kier alpha value is -1.80. The third-order valence-corrected chi connectivity index (χ3v) is 4.10. The second-order valence-corrected chi connectivity index (χ2v) is 5.68. The van der Waals surface area contributed by atoms with Crippen molar-refractivity contribution < 1.29 is 9.32 Å². The van der Waals surface area contributed by atoms with Crippen molar-refractivity contribution in [2.24, 2.45) is 0 Å². The van der Waals surface area contributed by atoms with Crippen molar-refractivity contribution in [1.29, 1.82) is 0 Å². The predicted molar refractivity (Wildman–Crippen MR) is 78.9 cm³/mol. The number of halogens is 1. The first-order valence-corrected chi connectivity index (χ1v) is 7.44. The predicted octanol–water partition coefficient (Wildman–Crippen LogP) is 2.21. The molecule has 0 aliphatic carbocycles. The van der Waals surface area contributed by atoms with Gasteiger partial charge in [-0.15, -0.1) is 0 Å². The van der Waals surface area contributed by atoms with E-state index in [-0.39, 0.29) is 11.9 Å². The molecule has 21 heavy (non-hydrogen) atoms. The van der Waals surface area contributed by atoms with Gasteiger partial charge in [0.25, 0.3) is 11.7 Å². The van der Waals surface area contributed by atoms with E-state index in [1.807, 2.05) is 13.0 Å². The Morgan fingerprint density at radius 3 is 3.05 bits per heavy atom. The fourth-order valence-electron chi connectivity index (χ4n) is 2.15. The number of anilines is 1. The Kier molecular flexibility index (Phi) is 3.98. The molecular formula is C13H14BrN5O2. The van der Waals surface area contributed by atoms with E-state index in [1.165, 1.54) is 0 Å². The molecule has 0 saturated carbocycles. The molecule has 0 spiro atoms. The smallest absolute Gasteiger partial charge is 0.298 e. The first-order chi connectivity index (χ1) is 10.1. The quantitative estimate of drug-likeness (QED) is 0.880. The highest BCUT2D eigenvalue weighted by atomic mass is 79.9. The Morgan fingerprint density at radius 1 is 1.48 bits per heavy atom. The minimum Gasteiger partial charge on any atom is -0.337 e. The van der Waals surface area contributed by atoms with Crippen LogP contribution in [0.3, 0.4) is 0 Å². The second kappa shape index (κ2) is 5.90. The van der Waals surface area contributed by atoms with E-state index in [0.29, 0.717) is 11.7 Å². The van der Waals surface area contributed by atoms with Crippen LogP contribution in [0.4, 0.5) is 5.82 Å². The van der Waals surface area contributed by atoms with Gasteiger partial charge in [-0.1, -0.05) is 5.16 Å². The molecule has 1 amide bonds. The fraction of sp³-hybridized carbons (Fsp3) is 0.385. The number of rotatable bonds is 3. The Bertz CT molecular complexity index is 666. The summed E-state index contributed by atoms with van der Waals surface area (Å²) in [6.07, 6.45) is 2.01. The van der Waals surface area contributed by atoms with Crippen molar-refractivity contribution in [1.82, 2.24) is 20.4 Å². The zero-order valence-corrected chi connectivity index (χ0v) is 13.0. The van der Waals surface area contributed by atoms with Gasteiger partial charge in [-0.25, -0.2) is 4.98 Å². The highest BCUT2D eigenvalue weighted by Gasteiger charge is 2.24. The number of carbonyl (C=O) groups is 1. The van der Waals surface area contributed by atoms with Crippen molar-refractivity contribution in [3.8, 4) is 0 Å². The number of amides is 1. The molecule has 7 nitrogen and oxygen atoms in total. The summed E-state index contributed by atoms with van der Waals surface area (Å²) < 4.78 is 6.02. The van der Waals surface area contributed by atoms with E-state index in [4.69, 9.17) is 4.52 Å². The fourth-order valence-corrected chi connectivity index (χ4v) is 2.37. The van der Waals surface area contributed by atoms with Gasteiger partial charge in [0.15, 0.2) is 0 Å². The molecule has 8 heteroatoms. The van der Waals surface area contributed by atoms with Crippen molar-refractivity contribution >= 4 is 27.7 Å². The summed E-state index contributed by atoms with van der Waals surface area (Å²) in [6, 6.07) is 3.57.